The summed E-state index contributed by atoms with van der Waals surface area (Å²) < 4.78 is 23.0. The monoisotopic (exact) mass is 302 g/mol. The molecule has 0 aliphatic carbocycles. The lowest BCUT2D eigenvalue weighted by molar-refractivity contribution is 0.0708. The van der Waals surface area contributed by atoms with Gasteiger partial charge in [0.1, 0.15) is 0 Å². The van der Waals surface area contributed by atoms with Crippen molar-refractivity contribution >= 4 is 27.3 Å². The zero-order valence-corrected chi connectivity index (χ0v) is 12.1. The highest BCUT2D eigenvalue weighted by atomic mass is 35.5. The van der Waals surface area contributed by atoms with Crippen molar-refractivity contribution < 1.29 is 13.2 Å². The van der Waals surface area contributed by atoms with Crippen molar-refractivity contribution in [2.75, 3.05) is 18.1 Å². The number of carbonyl (C=O) groups is 1. The van der Waals surface area contributed by atoms with Crippen molar-refractivity contribution in [2.45, 2.75) is 19.4 Å². The van der Waals surface area contributed by atoms with Gasteiger partial charge in [0.25, 0.3) is 5.91 Å². The zero-order valence-electron chi connectivity index (χ0n) is 10.5. The average molecular weight is 303 g/mol. The van der Waals surface area contributed by atoms with Gasteiger partial charge in [-0.15, -0.1) is 0 Å². The van der Waals surface area contributed by atoms with Crippen LogP contribution in [0.4, 0.5) is 0 Å². The minimum Gasteiger partial charge on any atom is -0.335 e. The molecule has 0 saturated carbocycles. The Kier molecular flexibility index (Phi) is 4.10. The largest absolute Gasteiger partial charge is 0.335 e. The molecule has 19 heavy (non-hydrogen) atoms. The second-order valence-electron chi connectivity index (χ2n) is 4.50. The summed E-state index contributed by atoms with van der Waals surface area (Å²) in [5.41, 5.74) is 0.364. The molecule has 1 fully saturated rings. The van der Waals surface area contributed by atoms with Crippen LogP contribution < -0.4 is 0 Å². The summed E-state index contributed by atoms with van der Waals surface area (Å²) >= 11 is 5.95. The Morgan fingerprint density at radius 1 is 1.58 bits per heavy atom. The highest BCUT2D eigenvalue weighted by molar-refractivity contribution is 7.91. The summed E-state index contributed by atoms with van der Waals surface area (Å²) in [4.78, 5) is 17.8. The maximum Gasteiger partial charge on any atom is 0.255 e. The topological polar surface area (TPSA) is 67.3 Å². The molecule has 0 radical (unpaired) electrons. The molecule has 5 nitrogen and oxygen atoms in total. The Balaban J connectivity index is 2.24. The first kappa shape index (κ1) is 14.3. The molecule has 0 aromatic carbocycles. The average Bonchev–Trinajstić information content (AvgIpc) is 2.71. The van der Waals surface area contributed by atoms with Crippen molar-refractivity contribution in [1.82, 2.24) is 9.88 Å². The molecule has 2 rings (SSSR count). The summed E-state index contributed by atoms with van der Waals surface area (Å²) in [5, 5.41) is 0.284. The number of pyridine rings is 1. The van der Waals surface area contributed by atoms with Crippen LogP contribution in [0.25, 0.3) is 0 Å². The van der Waals surface area contributed by atoms with Crippen LogP contribution in [0.15, 0.2) is 18.5 Å². The van der Waals surface area contributed by atoms with E-state index in [9.17, 15) is 13.2 Å². The molecule has 1 unspecified atom stereocenters. The van der Waals surface area contributed by atoms with Crippen LogP contribution in [0.2, 0.25) is 5.02 Å². The molecule has 1 aromatic rings. The minimum absolute atomic E-state index is 0.0370. The van der Waals surface area contributed by atoms with Crippen LogP contribution >= 0.6 is 11.6 Å². The number of hydrogen-bond donors (Lipinski definition) is 0. The fourth-order valence-electron chi connectivity index (χ4n) is 2.29. The van der Waals surface area contributed by atoms with Crippen LogP contribution in [0, 0.1) is 0 Å². The van der Waals surface area contributed by atoms with E-state index in [4.69, 9.17) is 11.6 Å². The molecule has 0 spiro atoms. The van der Waals surface area contributed by atoms with Gasteiger partial charge in [0, 0.05) is 25.0 Å². The number of nitrogens with zero attached hydrogens (tertiary/aromatic N) is 2. The van der Waals surface area contributed by atoms with Crippen molar-refractivity contribution in [1.29, 1.82) is 0 Å². The van der Waals surface area contributed by atoms with Crippen LogP contribution in [-0.2, 0) is 9.84 Å². The SMILES string of the molecule is CCN(C(=O)c1ccncc1Cl)C1CCS(=O)(=O)C1. The molecule has 1 aliphatic rings. The van der Waals surface area contributed by atoms with E-state index in [2.05, 4.69) is 4.98 Å². The smallest absolute Gasteiger partial charge is 0.255 e. The first-order chi connectivity index (χ1) is 8.94. The summed E-state index contributed by atoms with van der Waals surface area (Å²) in [5.74, 6) is -0.0575. The number of carbonyl (C=O) groups excluding carboxylic acids is 1. The van der Waals surface area contributed by atoms with Gasteiger partial charge < -0.3 is 4.90 Å². The number of halogens is 1. The molecule has 2 heterocycles. The molecule has 1 atom stereocenters. The molecule has 1 aromatic heterocycles. The minimum atomic E-state index is -3.02. The van der Waals surface area contributed by atoms with E-state index < -0.39 is 9.84 Å². The number of amides is 1. The van der Waals surface area contributed by atoms with E-state index in [0.29, 0.717) is 18.5 Å². The van der Waals surface area contributed by atoms with Gasteiger partial charge in [0.15, 0.2) is 9.84 Å². The lowest BCUT2D eigenvalue weighted by Crippen LogP contribution is -2.41. The third-order valence-corrected chi connectivity index (χ3v) is 5.31. The van der Waals surface area contributed by atoms with Crippen LogP contribution in [-0.4, -0.2) is 48.3 Å². The Morgan fingerprint density at radius 2 is 2.32 bits per heavy atom. The van der Waals surface area contributed by atoms with Crippen LogP contribution in [0.1, 0.15) is 23.7 Å². The number of sulfone groups is 1. The Morgan fingerprint density at radius 3 is 2.84 bits per heavy atom. The molecular formula is C12H15ClN2O3S. The number of hydrogen-bond acceptors (Lipinski definition) is 4. The molecule has 1 amide bonds. The summed E-state index contributed by atoms with van der Waals surface area (Å²) in [6.07, 6.45) is 3.40. The van der Waals surface area contributed by atoms with E-state index in [1.54, 1.807) is 11.0 Å². The highest BCUT2D eigenvalue weighted by Gasteiger charge is 2.34. The highest BCUT2D eigenvalue weighted by Crippen LogP contribution is 2.22. The van der Waals surface area contributed by atoms with Gasteiger partial charge in [-0.05, 0) is 19.4 Å². The maximum absolute atomic E-state index is 12.4. The van der Waals surface area contributed by atoms with Gasteiger partial charge in [-0.1, -0.05) is 11.6 Å². The number of rotatable bonds is 3. The third kappa shape index (κ3) is 3.06. The molecular weight excluding hydrogens is 288 g/mol. The van der Waals surface area contributed by atoms with Gasteiger partial charge >= 0.3 is 0 Å². The predicted octanol–water partition coefficient (Wildman–Crippen LogP) is 1.38. The van der Waals surface area contributed by atoms with E-state index in [-0.39, 0.29) is 28.5 Å². The predicted molar refractivity (Wildman–Crippen MR) is 73.0 cm³/mol. The number of aromatic nitrogens is 1. The molecule has 1 saturated heterocycles. The van der Waals surface area contributed by atoms with Crippen molar-refractivity contribution in [3.63, 3.8) is 0 Å². The first-order valence-corrected chi connectivity index (χ1v) is 8.25. The fraction of sp³-hybridized carbons (Fsp3) is 0.500. The van der Waals surface area contributed by atoms with Crippen LogP contribution in [0.5, 0.6) is 0 Å². The van der Waals surface area contributed by atoms with Gasteiger partial charge in [-0.2, -0.15) is 0 Å². The standard InChI is InChI=1S/C12H15ClN2O3S/c1-2-15(9-4-6-19(17,18)8-9)12(16)10-3-5-14-7-11(10)13/h3,5,7,9H,2,4,6,8H2,1H3. The molecule has 0 N–H and O–H groups in total. The lowest BCUT2D eigenvalue weighted by Gasteiger charge is -2.27. The van der Waals surface area contributed by atoms with Crippen molar-refractivity contribution in [3.05, 3.63) is 29.0 Å². The normalized spacial score (nSPS) is 21.3. The molecule has 0 bridgehead atoms. The Bertz CT molecular complexity index is 588. The summed E-state index contributed by atoms with van der Waals surface area (Å²) in [6.45, 7) is 2.29. The molecule has 104 valence electrons. The lowest BCUT2D eigenvalue weighted by atomic mass is 10.1. The Hall–Kier alpha value is -1.14. The molecule has 7 heteroatoms. The summed E-state index contributed by atoms with van der Waals surface area (Å²) in [6, 6.07) is 1.29. The Labute approximate surface area is 117 Å². The van der Waals surface area contributed by atoms with Gasteiger partial charge in [-0.25, -0.2) is 8.42 Å². The zero-order chi connectivity index (χ0) is 14.0. The van der Waals surface area contributed by atoms with Gasteiger partial charge in [0.05, 0.1) is 22.1 Å². The second kappa shape index (κ2) is 5.46. The van der Waals surface area contributed by atoms with Crippen LogP contribution in [0.3, 0.4) is 0 Å². The summed E-state index contributed by atoms with van der Waals surface area (Å²) in [7, 11) is -3.02. The first-order valence-electron chi connectivity index (χ1n) is 6.05. The maximum atomic E-state index is 12.4. The van der Waals surface area contributed by atoms with E-state index in [0.717, 1.165) is 0 Å². The van der Waals surface area contributed by atoms with E-state index in [1.165, 1.54) is 12.4 Å². The van der Waals surface area contributed by atoms with Gasteiger partial charge in [0.2, 0.25) is 0 Å². The van der Waals surface area contributed by atoms with Gasteiger partial charge in [-0.3, -0.25) is 9.78 Å². The quantitative estimate of drug-likeness (QED) is 0.846. The van der Waals surface area contributed by atoms with Crippen molar-refractivity contribution in [3.8, 4) is 0 Å². The second-order valence-corrected chi connectivity index (χ2v) is 7.14. The van der Waals surface area contributed by atoms with E-state index >= 15 is 0 Å². The molecule has 1 aliphatic heterocycles. The fourth-order valence-corrected chi connectivity index (χ4v) is 4.22. The third-order valence-electron chi connectivity index (χ3n) is 3.25. The van der Waals surface area contributed by atoms with E-state index in [1.807, 2.05) is 6.92 Å². The van der Waals surface area contributed by atoms with Crippen molar-refractivity contribution in [2.24, 2.45) is 0 Å².